The maximum Gasteiger partial charge on any atom is 0.169 e. The van der Waals surface area contributed by atoms with Gasteiger partial charge in [0.15, 0.2) is 11.6 Å². The van der Waals surface area contributed by atoms with Crippen LogP contribution in [0.4, 0.5) is 17.1 Å². The molecule has 48 heavy (non-hydrogen) atoms. The van der Waals surface area contributed by atoms with Crippen molar-refractivity contribution in [1.29, 1.82) is 0 Å². The van der Waals surface area contributed by atoms with Crippen molar-refractivity contribution in [1.82, 2.24) is 4.40 Å². The smallest absolute Gasteiger partial charge is 0.169 e. The number of anilines is 3. The van der Waals surface area contributed by atoms with E-state index in [9.17, 15) is 9.59 Å². The quantitative estimate of drug-likeness (QED) is 0.196. The van der Waals surface area contributed by atoms with Crippen LogP contribution < -0.4 is 4.90 Å². The Balaban J connectivity index is 1.24. The predicted molar refractivity (Wildman–Crippen MR) is 194 cm³/mol. The van der Waals surface area contributed by atoms with E-state index in [-0.39, 0.29) is 10.8 Å². The van der Waals surface area contributed by atoms with Gasteiger partial charge in [-0.05, 0) is 110 Å². The van der Waals surface area contributed by atoms with E-state index in [0.717, 1.165) is 103 Å². The number of benzene rings is 5. The lowest BCUT2D eigenvalue weighted by atomic mass is 9.82. The lowest BCUT2D eigenvalue weighted by Gasteiger charge is -2.25. The van der Waals surface area contributed by atoms with Gasteiger partial charge in [0.1, 0.15) is 0 Å². The van der Waals surface area contributed by atoms with E-state index in [2.05, 4.69) is 106 Å². The van der Waals surface area contributed by atoms with Gasteiger partial charge >= 0.3 is 0 Å². The van der Waals surface area contributed by atoms with Crippen LogP contribution in [0.15, 0.2) is 97.1 Å². The van der Waals surface area contributed by atoms with Crippen LogP contribution in [0.25, 0.3) is 38.1 Å². The summed E-state index contributed by atoms with van der Waals surface area (Å²) in [7, 11) is 0. The Kier molecular flexibility index (Phi) is 5.26. The molecule has 2 heterocycles. The van der Waals surface area contributed by atoms with Crippen LogP contribution in [0.1, 0.15) is 83.2 Å². The maximum atomic E-state index is 14.1. The van der Waals surface area contributed by atoms with Crippen LogP contribution in [-0.4, -0.2) is 16.0 Å². The molecule has 0 bridgehead atoms. The standard InChI is InChI=1S/C44H36N2O2/c47-41-32-23-38-34(19-27(32)25-43(41)15-7-8-16-43)36-21-31(45(29-11-3-1-4-12-29)30-13-5-2-6-14-30)22-37-35-20-28-26-44(17-9-10-18-44)42(48)33(28)24-39(35)46(38)40(36)37/h1-6,11-14,19-24H,7-10,15-18,25-26H2. The molecule has 2 fully saturated rings. The first-order valence-corrected chi connectivity index (χ1v) is 17.9. The minimum absolute atomic E-state index is 0.212. The zero-order chi connectivity index (χ0) is 31.8. The van der Waals surface area contributed by atoms with E-state index in [4.69, 9.17) is 0 Å². The third-order valence-corrected chi connectivity index (χ3v) is 12.7. The third-order valence-electron chi connectivity index (χ3n) is 12.7. The molecule has 2 saturated carbocycles. The number of Topliss-reactive ketones (excluding diaryl/α,β-unsaturated/α-hetero) is 2. The number of ketones is 2. The fourth-order valence-electron chi connectivity index (χ4n) is 10.5. The second kappa shape index (κ2) is 9.35. The Labute approximate surface area is 279 Å². The molecule has 2 spiro atoms. The summed E-state index contributed by atoms with van der Waals surface area (Å²) in [5.41, 5.74) is 10.5. The van der Waals surface area contributed by atoms with Crippen molar-refractivity contribution in [2.45, 2.75) is 64.2 Å². The first kappa shape index (κ1) is 27.0. The minimum atomic E-state index is -0.212. The number of nitrogens with zero attached hydrogens (tertiary/aromatic N) is 2. The second-order valence-electron chi connectivity index (χ2n) is 15.3. The lowest BCUT2D eigenvalue weighted by Crippen LogP contribution is -2.23. The summed E-state index contributed by atoms with van der Waals surface area (Å²) in [6, 6.07) is 35.0. The first-order valence-electron chi connectivity index (χ1n) is 17.9. The van der Waals surface area contributed by atoms with E-state index in [0.29, 0.717) is 11.6 Å². The van der Waals surface area contributed by atoms with Gasteiger partial charge in [-0.15, -0.1) is 0 Å². The van der Waals surface area contributed by atoms with Crippen LogP contribution in [0.3, 0.4) is 0 Å². The van der Waals surface area contributed by atoms with Crippen LogP contribution in [0.5, 0.6) is 0 Å². The number of aromatic nitrogens is 1. The highest BCUT2D eigenvalue weighted by Crippen LogP contribution is 2.53. The summed E-state index contributed by atoms with van der Waals surface area (Å²) in [6.07, 6.45) is 10.3. The third kappa shape index (κ3) is 3.40. The molecule has 4 heteroatoms. The number of fused-ring (bicyclic) bond motifs is 8. The fraction of sp³-hybridized carbons (Fsp3) is 0.273. The fourth-order valence-corrected chi connectivity index (χ4v) is 10.5. The summed E-state index contributed by atoms with van der Waals surface area (Å²) < 4.78 is 2.38. The molecular formula is C44H36N2O2. The monoisotopic (exact) mass is 624 g/mol. The van der Waals surface area contributed by atoms with Crippen LogP contribution in [0, 0.1) is 10.8 Å². The Morgan fingerprint density at radius 3 is 1.38 bits per heavy atom. The van der Waals surface area contributed by atoms with Crippen LogP contribution >= 0.6 is 0 Å². The van der Waals surface area contributed by atoms with Gasteiger partial charge < -0.3 is 9.30 Å². The first-order chi connectivity index (χ1) is 23.5. The summed E-state index contributed by atoms with van der Waals surface area (Å²) in [6.45, 7) is 0. The minimum Gasteiger partial charge on any atom is -0.310 e. The van der Waals surface area contributed by atoms with Crippen LogP contribution in [0.2, 0.25) is 0 Å². The van der Waals surface area contributed by atoms with Crippen molar-refractivity contribution in [3.8, 4) is 0 Å². The number of hydrogen-bond donors (Lipinski definition) is 0. The SMILES string of the molecule is O=C1c2cc3c(cc2CC12CCCC2)c1cc(N(c2ccccc2)c2ccccc2)cc2c4cc5c(cc4n3c12)C(=O)C1(CCCC1)C5. The van der Waals surface area contributed by atoms with Crippen molar-refractivity contribution in [3.63, 3.8) is 0 Å². The Hall–Kier alpha value is -4.96. The predicted octanol–water partition coefficient (Wildman–Crippen LogP) is 10.9. The van der Waals surface area contributed by atoms with Gasteiger partial charge in [-0.3, -0.25) is 9.59 Å². The molecule has 0 unspecified atom stereocenters. The van der Waals surface area contributed by atoms with Crippen molar-refractivity contribution in [3.05, 3.63) is 119 Å². The summed E-state index contributed by atoms with van der Waals surface area (Å²) in [4.78, 5) is 30.5. The van der Waals surface area contributed by atoms with Gasteiger partial charge in [0.05, 0.1) is 16.6 Å². The number of hydrogen-bond acceptors (Lipinski definition) is 3. The molecule has 2 aromatic heterocycles. The molecule has 0 atom stereocenters. The van der Waals surface area contributed by atoms with Crippen molar-refractivity contribution in [2.24, 2.45) is 10.8 Å². The summed E-state index contributed by atoms with van der Waals surface area (Å²) in [5, 5.41) is 4.79. The zero-order valence-corrected chi connectivity index (χ0v) is 27.0. The highest BCUT2D eigenvalue weighted by Gasteiger charge is 2.48. The molecule has 0 amide bonds. The zero-order valence-electron chi connectivity index (χ0n) is 27.0. The molecule has 7 aromatic rings. The molecule has 0 aliphatic heterocycles. The molecule has 4 aliphatic carbocycles. The van der Waals surface area contributed by atoms with E-state index in [1.165, 1.54) is 38.2 Å². The van der Waals surface area contributed by atoms with Crippen LogP contribution in [-0.2, 0) is 12.8 Å². The molecule has 0 saturated heterocycles. The molecule has 4 nitrogen and oxygen atoms in total. The average Bonchev–Trinajstić information content (AvgIpc) is 3.97. The normalized spacial score (nSPS) is 19.2. The Bertz CT molecular complexity index is 2330. The number of carbonyl (C=O) groups excluding carboxylic acids is 2. The summed E-state index contributed by atoms with van der Waals surface area (Å²) in [5.74, 6) is 0.696. The van der Waals surface area contributed by atoms with E-state index in [1.54, 1.807) is 0 Å². The molecule has 0 radical (unpaired) electrons. The van der Waals surface area contributed by atoms with E-state index in [1.807, 2.05) is 0 Å². The highest BCUT2D eigenvalue weighted by molar-refractivity contribution is 6.26. The van der Waals surface area contributed by atoms with Gasteiger partial charge in [-0.25, -0.2) is 0 Å². The molecule has 5 aromatic carbocycles. The van der Waals surface area contributed by atoms with Gasteiger partial charge in [0.25, 0.3) is 0 Å². The molecule has 4 aliphatic rings. The second-order valence-corrected chi connectivity index (χ2v) is 15.3. The van der Waals surface area contributed by atoms with Gasteiger partial charge in [0, 0.05) is 60.6 Å². The molecule has 11 rings (SSSR count). The topological polar surface area (TPSA) is 41.8 Å². The number of carbonyl (C=O) groups is 2. The molecule has 234 valence electrons. The average molecular weight is 625 g/mol. The molecular weight excluding hydrogens is 588 g/mol. The largest absolute Gasteiger partial charge is 0.310 e. The van der Waals surface area contributed by atoms with Crippen molar-refractivity contribution in [2.75, 3.05) is 4.90 Å². The summed E-state index contributed by atoms with van der Waals surface area (Å²) >= 11 is 0. The number of para-hydroxylation sites is 2. The van der Waals surface area contributed by atoms with Gasteiger partial charge in [-0.2, -0.15) is 0 Å². The number of rotatable bonds is 3. The van der Waals surface area contributed by atoms with Gasteiger partial charge in [0.2, 0.25) is 0 Å². The van der Waals surface area contributed by atoms with E-state index < -0.39 is 0 Å². The molecule has 0 N–H and O–H groups in total. The van der Waals surface area contributed by atoms with E-state index >= 15 is 0 Å². The lowest BCUT2D eigenvalue weighted by molar-refractivity contribution is 0.0821. The van der Waals surface area contributed by atoms with Crippen molar-refractivity contribution < 1.29 is 9.59 Å². The highest BCUT2D eigenvalue weighted by atomic mass is 16.1. The maximum absolute atomic E-state index is 14.1. The Morgan fingerprint density at radius 2 is 0.938 bits per heavy atom. The van der Waals surface area contributed by atoms with Gasteiger partial charge in [-0.1, -0.05) is 62.1 Å². The Morgan fingerprint density at radius 1 is 0.500 bits per heavy atom. The van der Waals surface area contributed by atoms with Crippen molar-refractivity contribution >= 4 is 66.7 Å².